The van der Waals surface area contributed by atoms with Gasteiger partial charge in [-0.2, -0.15) is 0 Å². The molecule has 0 saturated carbocycles. The number of nitrogens with zero attached hydrogens (tertiary/aromatic N) is 3. The number of likely N-dealkylation sites (N-methyl/N-ethyl adjacent to an activating group) is 1. The topological polar surface area (TPSA) is 79.0 Å². The van der Waals surface area contributed by atoms with Crippen molar-refractivity contribution in [2.24, 2.45) is 0 Å². The van der Waals surface area contributed by atoms with Crippen LogP contribution in [-0.4, -0.2) is 49.4 Å². The summed E-state index contributed by atoms with van der Waals surface area (Å²) < 4.78 is 10.5. The third kappa shape index (κ3) is 5.02. The fourth-order valence-corrected chi connectivity index (χ4v) is 5.94. The molecule has 0 bridgehead atoms. The van der Waals surface area contributed by atoms with Crippen LogP contribution in [0.15, 0.2) is 66.9 Å². The van der Waals surface area contributed by atoms with Crippen LogP contribution in [0.5, 0.6) is 5.75 Å². The number of methoxy groups -OCH3 is 2. The molecule has 2 aliphatic heterocycles. The number of aromatic nitrogens is 1. The van der Waals surface area contributed by atoms with Crippen molar-refractivity contribution in [3.05, 3.63) is 83.7 Å². The molecule has 1 amide bonds. The summed E-state index contributed by atoms with van der Waals surface area (Å²) in [7, 11) is 5.19. The molecule has 3 aromatic rings. The van der Waals surface area contributed by atoms with Crippen LogP contribution in [0.1, 0.15) is 49.7 Å². The van der Waals surface area contributed by atoms with Crippen molar-refractivity contribution in [1.29, 1.82) is 0 Å². The predicted octanol–water partition coefficient (Wildman–Crippen LogP) is 5.48. The van der Waals surface area contributed by atoms with Crippen molar-refractivity contribution >= 4 is 45.9 Å². The van der Waals surface area contributed by atoms with Gasteiger partial charge in [0.1, 0.15) is 12.4 Å². The first-order chi connectivity index (χ1) is 19.1. The molecule has 0 aliphatic carbocycles. The quantitative estimate of drug-likeness (QED) is 0.370. The molecule has 2 atom stereocenters. The average molecular weight is 558 g/mol. The Bertz CT molecular complexity index is 1470. The van der Waals surface area contributed by atoms with Crippen molar-refractivity contribution in [2.75, 3.05) is 43.0 Å². The second kappa shape index (κ2) is 10.9. The van der Waals surface area contributed by atoms with Crippen LogP contribution in [0.2, 0.25) is 0 Å². The highest BCUT2D eigenvalue weighted by Crippen LogP contribution is 2.46. The number of allylic oxidation sites excluding steroid dienone is 1. The second-order valence-electron chi connectivity index (χ2n) is 10.7. The number of benzene rings is 2. The van der Waals surface area contributed by atoms with E-state index in [-0.39, 0.29) is 30.1 Å². The van der Waals surface area contributed by atoms with E-state index in [1.807, 2.05) is 36.4 Å². The van der Waals surface area contributed by atoms with Gasteiger partial charge in [-0.25, -0.2) is 0 Å². The number of ether oxygens (including phenoxy) is 2. The van der Waals surface area contributed by atoms with Gasteiger partial charge < -0.3 is 29.9 Å². The first-order valence-electron chi connectivity index (χ1n) is 13.2. The zero-order valence-electron chi connectivity index (χ0n) is 23.7. The Balaban J connectivity index is 1.63. The molecule has 208 valence electrons. The van der Waals surface area contributed by atoms with Gasteiger partial charge in [0.2, 0.25) is 5.91 Å². The third-order valence-electron chi connectivity index (χ3n) is 7.69. The number of amides is 1. The summed E-state index contributed by atoms with van der Waals surface area (Å²) in [5.41, 5.74) is 6.89. The fraction of sp³-hybridized carbons (Fsp3) is 0.323. The molecule has 1 fully saturated rings. The minimum Gasteiger partial charge on any atom is -0.495 e. The van der Waals surface area contributed by atoms with E-state index in [4.69, 9.17) is 21.7 Å². The van der Waals surface area contributed by atoms with Crippen LogP contribution in [0.3, 0.4) is 0 Å². The van der Waals surface area contributed by atoms with Crippen molar-refractivity contribution in [3.63, 3.8) is 0 Å². The molecule has 2 aliphatic rings. The molecule has 3 heterocycles. The molecular formula is C31H35N5O3S. The van der Waals surface area contributed by atoms with E-state index in [0.717, 1.165) is 16.9 Å². The lowest BCUT2D eigenvalue weighted by Crippen LogP contribution is -2.42. The van der Waals surface area contributed by atoms with Crippen LogP contribution >= 0.6 is 12.2 Å². The van der Waals surface area contributed by atoms with Crippen LogP contribution in [0.4, 0.5) is 17.1 Å². The molecule has 1 aromatic heterocycles. The Morgan fingerprint density at radius 1 is 1.15 bits per heavy atom. The molecule has 0 unspecified atom stereocenters. The molecule has 9 heteroatoms. The maximum absolute atomic E-state index is 12.4. The molecule has 0 spiro atoms. The van der Waals surface area contributed by atoms with Crippen LogP contribution in [0, 0.1) is 0 Å². The van der Waals surface area contributed by atoms with Crippen molar-refractivity contribution in [1.82, 2.24) is 10.3 Å². The number of hydrogen-bond acceptors (Lipinski definition) is 6. The summed E-state index contributed by atoms with van der Waals surface area (Å²) >= 11 is 5.93. The van der Waals surface area contributed by atoms with E-state index in [0.29, 0.717) is 16.5 Å². The lowest BCUT2D eigenvalue weighted by Gasteiger charge is -2.41. The van der Waals surface area contributed by atoms with Gasteiger partial charge in [0, 0.05) is 37.3 Å². The van der Waals surface area contributed by atoms with Gasteiger partial charge in [-0.3, -0.25) is 9.78 Å². The Hall–Kier alpha value is -3.95. The summed E-state index contributed by atoms with van der Waals surface area (Å²) in [4.78, 5) is 21.5. The largest absolute Gasteiger partial charge is 0.495 e. The van der Waals surface area contributed by atoms with Crippen LogP contribution < -0.4 is 25.2 Å². The monoisotopic (exact) mass is 557 g/mol. The lowest BCUT2D eigenvalue weighted by atomic mass is 9.86. The van der Waals surface area contributed by atoms with Crippen molar-refractivity contribution in [3.8, 4) is 5.75 Å². The Labute approximate surface area is 241 Å². The number of rotatable bonds is 7. The number of carbonyl (C=O) groups excluding carboxylic acids is 1. The number of hydrogen-bond donors (Lipinski definition) is 2. The normalized spacial score (nSPS) is 19.6. The van der Waals surface area contributed by atoms with Gasteiger partial charge in [-0.15, -0.1) is 0 Å². The van der Waals surface area contributed by atoms with Gasteiger partial charge in [0.05, 0.1) is 36.1 Å². The van der Waals surface area contributed by atoms with Crippen molar-refractivity contribution < 1.29 is 14.3 Å². The summed E-state index contributed by atoms with van der Waals surface area (Å²) in [6.07, 6.45) is 4.11. The van der Waals surface area contributed by atoms with E-state index >= 15 is 0 Å². The van der Waals surface area contributed by atoms with E-state index in [1.54, 1.807) is 13.3 Å². The fourth-order valence-electron chi connectivity index (χ4n) is 5.59. The smallest absolute Gasteiger partial charge is 0.250 e. The second-order valence-corrected chi connectivity index (χ2v) is 11.1. The summed E-state index contributed by atoms with van der Waals surface area (Å²) in [6.45, 7) is 6.55. The van der Waals surface area contributed by atoms with Gasteiger partial charge in [-0.05, 0) is 86.6 Å². The summed E-state index contributed by atoms with van der Waals surface area (Å²) in [5, 5.41) is 6.99. The number of anilines is 3. The number of nitrogens with one attached hydrogen (secondary N) is 2. The van der Waals surface area contributed by atoms with Gasteiger partial charge >= 0.3 is 0 Å². The van der Waals surface area contributed by atoms with Crippen LogP contribution in [0.25, 0.3) is 5.57 Å². The Morgan fingerprint density at radius 2 is 1.95 bits per heavy atom. The van der Waals surface area contributed by atoms with Gasteiger partial charge in [0.25, 0.3) is 0 Å². The summed E-state index contributed by atoms with van der Waals surface area (Å²) in [5.74, 6) is 0.274. The van der Waals surface area contributed by atoms with Crippen molar-refractivity contribution in [2.45, 2.75) is 38.4 Å². The van der Waals surface area contributed by atoms with E-state index in [9.17, 15) is 4.79 Å². The third-order valence-corrected chi connectivity index (χ3v) is 8.01. The highest BCUT2D eigenvalue weighted by atomic mass is 32.1. The minimum absolute atomic E-state index is 0.0608. The highest BCUT2D eigenvalue weighted by Gasteiger charge is 2.41. The molecule has 40 heavy (non-hydrogen) atoms. The lowest BCUT2D eigenvalue weighted by molar-refractivity contribution is -0.119. The number of carbonyl (C=O) groups is 1. The number of pyridine rings is 1. The summed E-state index contributed by atoms with van der Waals surface area (Å²) in [6, 6.07) is 17.8. The van der Waals surface area contributed by atoms with E-state index < -0.39 is 0 Å². The Kier molecular flexibility index (Phi) is 7.53. The number of thiocarbonyl (C=S) groups is 1. The molecule has 2 aromatic carbocycles. The molecule has 1 saturated heterocycles. The maximum atomic E-state index is 12.4. The average Bonchev–Trinajstić information content (AvgIpc) is 3.29. The van der Waals surface area contributed by atoms with Gasteiger partial charge in [-0.1, -0.05) is 18.2 Å². The molecular weight excluding hydrogens is 522 g/mol. The zero-order valence-corrected chi connectivity index (χ0v) is 24.5. The highest BCUT2D eigenvalue weighted by molar-refractivity contribution is 7.80. The molecule has 2 N–H and O–H groups in total. The SMILES string of the molecule is COCC(=O)Nc1cc(N2C(=S)N[C@H](c3ccccn3)[C@H]2c2ccc3c(c2)C(C)=CC(C)(C)N3C)ccc1OC. The van der Waals surface area contributed by atoms with Gasteiger partial charge in [0.15, 0.2) is 5.11 Å². The molecule has 0 radical (unpaired) electrons. The first kappa shape index (κ1) is 27.6. The van der Waals surface area contributed by atoms with E-state index in [1.165, 1.54) is 23.9 Å². The maximum Gasteiger partial charge on any atom is 0.250 e. The Morgan fingerprint density at radius 3 is 2.65 bits per heavy atom. The molecule has 5 rings (SSSR count). The predicted molar refractivity (Wildman–Crippen MR) is 164 cm³/mol. The molecule has 8 nitrogen and oxygen atoms in total. The first-order valence-corrected chi connectivity index (χ1v) is 13.6. The zero-order chi connectivity index (χ0) is 28.6. The number of fused-ring (bicyclic) bond motifs is 1. The standard InChI is InChI=1S/C31H35N5O3S/c1-19-17-31(2,3)35(4)25-12-10-20(15-22(19)25)29-28(23-9-7-8-14-32-23)34-30(40)36(29)21-11-13-26(39-6)24(16-21)33-27(37)18-38-5/h7-17,28-29H,18H2,1-6H3,(H,33,37)(H,34,40)/t28-,29-/m1/s1. The van der Waals surface area contributed by atoms with E-state index in [2.05, 4.69) is 77.5 Å². The van der Waals surface area contributed by atoms with Crippen LogP contribution in [-0.2, 0) is 9.53 Å². The minimum atomic E-state index is -0.271.